The van der Waals surface area contributed by atoms with E-state index in [-0.39, 0.29) is 5.03 Å². The maximum absolute atomic E-state index is 12.1. The van der Waals surface area contributed by atoms with Gasteiger partial charge in [-0.25, -0.2) is 18.1 Å². The minimum atomic E-state index is -3.62. The lowest BCUT2D eigenvalue weighted by molar-refractivity contribution is 0.101. The highest BCUT2D eigenvalue weighted by Gasteiger charge is 2.29. The van der Waals surface area contributed by atoms with Crippen LogP contribution in [0, 0.1) is 0 Å². The van der Waals surface area contributed by atoms with Crippen LogP contribution >= 0.6 is 0 Å². The quantitative estimate of drug-likeness (QED) is 0.836. The highest BCUT2D eigenvalue weighted by atomic mass is 32.2. The van der Waals surface area contributed by atoms with E-state index in [1.807, 2.05) is 6.92 Å². The number of hydrogen-bond donors (Lipinski definition) is 2. The van der Waals surface area contributed by atoms with Crippen molar-refractivity contribution in [2.24, 2.45) is 0 Å². The zero-order valence-electron chi connectivity index (χ0n) is 10.4. The van der Waals surface area contributed by atoms with E-state index in [0.29, 0.717) is 19.4 Å². The normalized spacial score (nSPS) is 25.2. The van der Waals surface area contributed by atoms with E-state index in [1.54, 1.807) is 4.57 Å². The van der Waals surface area contributed by atoms with Crippen molar-refractivity contribution in [2.75, 3.05) is 0 Å². The SMILES string of the molecule is CCn1cnc(S(=O)(=O)NC2CCCCC2O)c1. The van der Waals surface area contributed by atoms with Gasteiger partial charge in [-0.3, -0.25) is 0 Å². The van der Waals surface area contributed by atoms with Crippen LogP contribution in [-0.2, 0) is 16.6 Å². The Kier molecular flexibility index (Phi) is 4.04. The molecule has 0 aromatic carbocycles. The van der Waals surface area contributed by atoms with Crippen molar-refractivity contribution in [3.05, 3.63) is 12.5 Å². The third-order valence-corrected chi connectivity index (χ3v) is 4.66. The number of nitrogens with one attached hydrogen (secondary N) is 1. The fourth-order valence-corrected chi connectivity index (χ4v) is 3.41. The third kappa shape index (κ3) is 2.90. The molecule has 0 spiro atoms. The van der Waals surface area contributed by atoms with Gasteiger partial charge in [-0.15, -0.1) is 0 Å². The second-order valence-corrected chi connectivity index (χ2v) is 6.28. The van der Waals surface area contributed by atoms with Crippen LogP contribution in [0.25, 0.3) is 0 Å². The van der Waals surface area contributed by atoms with Crippen LogP contribution in [0.5, 0.6) is 0 Å². The number of aromatic nitrogens is 2. The first-order valence-corrected chi connectivity index (χ1v) is 7.73. The Morgan fingerprint density at radius 2 is 2.22 bits per heavy atom. The maximum atomic E-state index is 12.1. The second-order valence-electron chi connectivity index (χ2n) is 4.62. The van der Waals surface area contributed by atoms with E-state index in [9.17, 15) is 13.5 Å². The van der Waals surface area contributed by atoms with Gasteiger partial charge in [0.25, 0.3) is 10.0 Å². The summed E-state index contributed by atoms with van der Waals surface area (Å²) in [5, 5.41) is 9.79. The molecule has 1 heterocycles. The summed E-state index contributed by atoms with van der Waals surface area (Å²) >= 11 is 0. The third-order valence-electron chi connectivity index (χ3n) is 3.29. The topological polar surface area (TPSA) is 84.2 Å². The molecule has 0 aliphatic heterocycles. The van der Waals surface area contributed by atoms with Crippen molar-refractivity contribution in [3.63, 3.8) is 0 Å². The van der Waals surface area contributed by atoms with Gasteiger partial charge >= 0.3 is 0 Å². The van der Waals surface area contributed by atoms with Crippen molar-refractivity contribution in [3.8, 4) is 0 Å². The standard InChI is InChI=1S/C11H19N3O3S/c1-2-14-7-11(12-8-14)18(16,17)13-9-5-3-4-6-10(9)15/h7-10,13,15H,2-6H2,1H3. The van der Waals surface area contributed by atoms with Crippen molar-refractivity contribution in [2.45, 2.75) is 56.3 Å². The number of nitrogens with zero attached hydrogens (tertiary/aromatic N) is 2. The lowest BCUT2D eigenvalue weighted by Crippen LogP contribution is -2.45. The van der Waals surface area contributed by atoms with Crippen LogP contribution < -0.4 is 4.72 Å². The maximum Gasteiger partial charge on any atom is 0.259 e. The fraction of sp³-hybridized carbons (Fsp3) is 0.727. The Morgan fingerprint density at radius 1 is 1.50 bits per heavy atom. The van der Waals surface area contributed by atoms with Crippen molar-refractivity contribution < 1.29 is 13.5 Å². The summed E-state index contributed by atoms with van der Waals surface area (Å²) in [5.41, 5.74) is 0. The number of imidazole rings is 1. The highest BCUT2D eigenvalue weighted by molar-refractivity contribution is 7.89. The molecule has 0 amide bonds. The Labute approximate surface area is 107 Å². The Hall–Kier alpha value is -0.920. The molecule has 1 aliphatic rings. The number of aliphatic hydroxyl groups is 1. The van der Waals surface area contributed by atoms with Gasteiger partial charge < -0.3 is 9.67 Å². The minimum Gasteiger partial charge on any atom is -0.391 e. The zero-order chi connectivity index (χ0) is 13.2. The van der Waals surface area contributed by atoms with Gasteiger partial charge in [0, 0.05) is 18.8 Å². The zero-order valence-corrected chi connectivity index (χ0v) is 11.2. The molecule has 102 valence electrons. The van der Waals surface area contributed by atoms with Gasteiger partial charge in [-0.2, -0.15) is 0 Å². The molecular formula is C11H19N3O3S. The summed E-state index contributed by atoms with van der Waals surface area (Å²) in [6.45, 7) is 2.59. The smallest absolute Gasteiger partial charge is 0.259 e. The van der Waals surface area contributed by atoms with Crippen molar-refractivity contribution in [1.82, 2.24) is 14.3 Å². The largest absolute Gasteiger partial charge is 0.391 e. The van der Waals surface area contributed by atoms with Gasteiger partial charge in [0.05, 0.1) is 12.4 Å². The van der Waals surface area contributed by atoms with Gasteiger partial charge in [0.2, 0.25) is 0 Å². The summed E-state index contributed by atoms with van der Waals surface area (Å²) in [6.07, 6.45) is 5.61. The average Bonchev–Trinajstić information content (AvgIpc) is 2.81. The number of aryl methyl sites for hydroxylation is 1. The predicted octanol–water partition coefficient (Wildman–Crippen LogP) is 0.485. The predicted molar refractivity (Wildman–Crippen MR) is 66.5 cm³/mol. The number of sulfonamides is 1. The molecule has 0 bridgehead atoms. The Morgan fingerprint density at radius 3 is 2.83 bits per heavy atom. The molecular weight excluding hydrogens is 254 g/mol. The van der Waals surface area contributed by atoms with E-state index in [0.717, 1.165) is 12.8 Å². The van der Waals surface area contributed by atoms with Crippen molar-refractivity contribution >= 4 is 10.0 Å². The molecule has 2 N–H and O–H groups in total. The van der Waals surface area contributed by atoms with Gasteiger partial charge in [0.15, 0.2) is 5.03 Å². The summed E-state index contributed by atoms with van der Waals surface area (Å²) in [5.74, 6) is 0. The van der Waals surface area contributed by atoms with Crippen LogP contribution in [0.1, 0.15) is 32.6 Å². The summed E-state index contributed by atoms with van der Waals surface area (Å²) in [6, 6.07) is -0.393. The van der Waals surface area contributed by atoms with Crippen LogP contribution in [0.3, 0.4) is 0 Å². The fourth-order valence-electron chi connectivity index (χ4n) is 2.16. The number of hydrogen-bond acceptors (Lipinski definition) is 4. The first-order valence-electron chi connectivity index (χ1n) is 6.25. The minimum absolute atomic E-state index is 0.0159. The summed E-state index contributed by atoms with van der Waals surface area (Å²) in [4.78, 5) is 3.88. The van der Waals surface area contributed by atoms with Crippen molar-refractivity contribution in [1.29, 1.82) is 0 Å². The van der Waals surface area contributed by atoms with E-state index in [1.165, 1.54) is 12.5 Å². The molecule has 6 nitrogen and oxygen atoms in total. The molecule has 0 saturated heterocycles. The molecule has 7 heteroatoms. The molecule has 1 aromatic rings. The van der Waals surface area contributed by atoms with E-state index in [2.05, 4.69) is 9.71 Å². The summed E-state index contributed by atoms with van der Waals surface area (Å²) < 4.78 is 28.4. The first-order chi connectivity index (χ1) is 8.53. The van der Waals surface area contributed by atoms with Crippen LogP contribution in [-0.4, -0.2) is 35.2 Å². The van der Waals surface area contributed by atoms with Gasteiger partial charge in [0.1, 0.15) is 0 Å². The van der Waals surface area contributed by atoms with E-state index < -0.39 is 22.2 Å². The monoisotopic (exact) mass is 273 g/mol. The Bertz CT molecular complexity index is 497. The summed E-state index contributed by atoms with van der Waals surface area (Å²) in [7, 11) is -3.62. The molecule has 18 heavy (non-hydrogen) atoms. The molecule has 1 saturated carbocycles. The molecule has 2 atom stereocenters. The van der Waals surface area contributed by atoms with Gasteiger partial charge in [-0.1, -0.05) is 12.8 Å². The molecule has 2 rings (SSSR count). The Balaban J connectivity index is 2.11. The average molecular weight is 273 g/mol. The van der Waals surface area contributed by atoms with Crippen LogP contribution in [0.4, 0.5) is 0 Å². The molecule has 2 unspecified atom stereocenters. The first kappa shape index (κ1) is 13.5. The second kappa shape index (κ2) is 5.38. The van der Waals surface area contributed by atoms with E-state index in [4.69, 9.17) is 0 Å². The van der Waals surface area contributed by atoms with E-state index >= 15 is 0 Å². The molecule has 1 aromatic heterocycles. The van der Waals surface area contributed by atoms with Crippen LogP contribution in [0.15, 0.2) is 17.6 Å². The molecule has 1 aliphatic carbocycles. The number of aliphatic hydroxyl groups excluding tert-OH is 1. The van der Waals surface area contributed by atoms with Crippen LogP contribution in [0.2, 0.25) is 0 Å². The molecule has 0 radical (unpaired) electrons. The lowest BCUT2D eigenvalue weighted by atomic mass is 9.93. The van der Waals surface area contributed by atoms with Gasteiger partial charge in [-0.05, 0) is 19.8 Å². The number of rotatable bonds is 4. The highest BCUT2D eigenvalue weighted by Crippen LogP contribution is 2.20. The lowest BCUT2D eigenvalue weighted by Gasteiger charge is -2.27. The molecule has 1 fully saturated rings.